The number of benzene rings is 1. The summed E-state index contributed by atoms with van der Waals surface area (Å²) in [5.74, 6) is -1.87. The molecule has 0 spiro atoms. The zero-order valence-electron chi connectivity index (χ0n) is 46.6. The minimum Gasteiger partial charge on any atom is -0.458 e. The van der Waals surface area contributed by atoms with E-state index in [9.17, 15) is 50.4 Å². The number of esters is 1. The van der Waals surface area contributed by atoms with Gasteiger partial charge in [0.15, 0.2) is 30.9 Å². The first-order chi connectivity index (χ1) is 37.4. The van der Waals surface area contributed by atoms with Gasteiger partial charge in [-0.15, -0.1) is 0 Å². The van der Waals surface area contributed by atoms with Crippen LogP contribution in [0.4, 0.5) is 0 Å². The molecule has 4 saturated heterocycles. The lowest BCUT2D eigenvalue weighted by Gasteiger charge is -2.67. The number of carbonyl (C=O) groups is 2. The van der Waals surface area contributed by atoms with Crippen molar-refractivity contribution < 1.29 is 107 Å². The third kappa shape index (κ3) is 10.6. The van der Waals surface area contributed by atoms with Crippen molar-refractivity contribution in [3.05, 3.63) is 53.6 Å². The first-order valence-electron chi connectivity index (χ1n) is 27.9. The van der Waals surface area contributed by atoms with Crippen LogP contribution >= 0.6 is 0 Å². The monoisotopic (exact) mass is 1120 g/mol. The molecule has 0 bridgehead atoms. The van der Waals surface area contributed by atoms with Crippen LogP contribution in [0, 0.1) is 16.7 Å². The average Bonchev–Trinajstić information content (AvgIpc) is 3.24. The number of Topliss-reactive ketones (excluding diaryl/α,β-unsaturated/α-hetero) is 1. The van der Waals surface area contributed by atoms with E-state index >= 15 is 0 Å². The fraction of sp³-hybridized carbons (Fsp3) is 0.789. The molecule has 4 aliphatic carbocycles. The van der Waals surface area contributed by atoms with E-state index < -0.39 is 169 Å². The number of methoxy groups -OCH3 is 3. The van der Waals surface area contributed by atoms with E-state index in [2.05, 4.69) is 6.92 Å². The molecule has 7 fully saturated rings. The van der Waals surface area contributed by atoms with E-state index in [0.29, 0.717) is 25.7 Å². The van der Waals surface area contributed by atoms with E-state index in [1.165, 1.54) is 27.2 Å². The summed E-state index contributed by atoms with van der Waals surface area (Å²) in [5.41, 5.74) is -6.42. The van der Waals surface area contributed by atoms with Crippen LogP contribution in [0.3, 0.4) is 0 Å². The number of rotatable bonds is 16. The predicted octanol–water partition coefficient (Wildman–Crippen LogP) is 1.50. The number of ether oxygens (including phenoxy) is 12. The summed E-state index contributed by atoms with van der Waals surface area (Å²) in [6.07, 6.45) is -12.7. The Morgan fingerprint density at radius 2 is 1.30 bits per heavy atom. The van der Waals surface area contributed by atoms with Crippen molar-refractivity contribution in [1.82, 2.24) is 0 Å². The highest BCUT2D eigenvalue weighted by molar-refractivity contribution is 5.88. The second-order valence-electron chi connectivity index (χ2n) is 23.7. The fourth-order valence-corrected chi connectivity index (χ4v) is 14.8. The van der Waals surface area contributed by atoms with Gasteiger partial charge in [-0.25, -0.2) is 4.79 Å². The van der Waals surface area contributed by atoms with Gasteiger partial charge in [-0.2, -0.15) is 0 Å². The van der Waals surface area contributed by atoms with Crippen LogP contribution in [0.15, 0.2) is 48.1 Å². The normalized spacial score (nSPS) is 49.1. The average molecular weight is 1120 g/mol. The number of hydrogen-bond donors (Lipinski definition) is 8. The standard InChI is InChI=1S/C57H84O22/c1-28-47(77-42-25-36(69-8)48(29(2)72-42)78-52-46(64)50(70-9)49(30(3)73-52)79-51-45(63)44(62)43(61)37(27-58)75-51)35(68-7)24-41(71-28)74-34-18-19-53(5)33(23-34)17-20-56(66)38(53)26-39(76-40(60)16-15-32-13-11-10-12-14-32)54(6)55(65,31(4)59)21-22-57(54,56)67/h10-17,28-30,34-39,41-52,58,61-67H,18-27H2,1-9H3/t28-,29-,30-,34+,35+,36-,37-,38-,39-,41+,42+,43-,44+,45-,46-,47-,48-,49-,50-,51+,52+,53+,54-,55-,56+,57-/m1/s1. The van der Waals surface area contributed by atoms with Crippen molar-refractivity contribution in [1.29, 1.82) is 0 Å². The molecular weight excluding hydrogens is 1040 g/mol. The Morgan fingerprint density at radius 3 is 1.92 bits per heavy atom. The molecule has 1 aromatic rings. The highest BCUT2D eigenvalue weighted by Crippen LogP contribution is 2.71. The molecule has 26 atom stereocenters. The summed E-state index contributed by atoms with van der Waals surface area (Å²) in [6, 6.07) is 9.24. The largest absolute Gasteiger partial charge is 0.458 e. The summed E-state index contributed by atoms with van der Waals surface area (Å²) in [4.78, 5) is 27.0. The number of aliphatic hydroxyl groups is 8. The molecule has 1 aromatic carbocycles. The first-order valence-corrected chi connectivity index (χ1v) is 27.9. The van der Waals surface area contributed by atoms with Crippen molar-refractivity contribution in [2.75, 3.05) is 27.9 Å². The zero-order valence-corrected chi connectivity index (χ0v) is 46.6. The van der Waals surface area contributed by atoms with Crippen LogP contribution in [-0.4, -0.2) is 220 Å². The lowest BCUT2D eigenvalue weighted by atomic mass is 9.42. The lowest BCUT2D eigenvalue weighted by molar-refractivity contribution is -0.373. The van der Waals surface area contributed by atoms with Crippen molar-refractivity contribution in [3.8, 4) is 0 Å². The molecule has 4 aliphatic heterocycles. The van der Waals surface area contributed by atoms with Crippen LogP contribution in [0.1, 0.15) is 105 Å². The molecule has 0 radical (unpaired) electrons. The van der Waals surface area contributed by atoms with Crippen LogP contribution in [-0.2, 0) is 66.4 Å². The molecule has 0 unspecified atom stereocenters. The van der Waals surface area contributed by atoms with Gasteiger partial charge < -0.3 is 97.7 Å². The Hall–Kier alpha value is -2.92. The van der Waals surface area contributed by atoms with E-state index in [0.717, 1.165) is 11.1 Å². The van der Waals surface area contributed by atoms with E-state index in [-0.39, 0.29) is 38.2 Å². The summed E-state index contributed by atoms with van der Waals surface area (Å²) in [7, 11) is 4.49. The minimum absolute atomic E-state index is 0.0567. The molecule has 22 heteroatoms. The van der Waals surface area contributed by atoms with Crippen LogP contribution in [0.5, 0.6) is 0 Å². The Bertz CT molecular complexity index is 2340. The van der Waals surface area contributed by atoms with Gasteiger partial charge in [0.1, 0.15) is 77.8 Å². The van der Waals surface area contributed by atoms with Crippen LogP contribution in [0.25, 0.3) is 6.08 Å². The van der Waals surface area contributed by atoms with Gasteiger partial charge in [0.2, 0.25) is 0 Å². The van der Waals surface area contributed by atoms with Gasteiger partial charge in [0, 0.05) is 46.2 Å². The maximum atomic E-state index is 13.6. The molecule has 22 nitrogen and oxygen atoms in total. The Kier molecular flexibility index (Phi) is 18.1. The molecule has 79 heavy (non-hydrogen) atoms. The van der Waals surface area contributed by atoms with Gasteiger partial charge in [-0.1, -0.05) is 48.9 Å². The third-order valence-corrected chi connectivity index (χ3v) is 19.6. The quantitative estimate of drug-likeness (QED) is 0.0661. The van der Waals surface area contributed by atoms with E-state index in [1.807, 2.05) is 43.3 Å². The van der Waals surface area contributed by atoms with E-state index in [4.69, 9.17) is 56.8 Å². The van der Waals surface area contributed by atoms with Gasteiger partial charge in [0.05, 0.1) is 48.6 Å². The summed E-state index contributed by atoms with van der Waals surface area (Å²) < 4.78 is 74.1. The molecule has 0 aromatic heterocycles. The second kappa shape index (κ2) is 23.6. The fourth-order valence-electron chi connectivity index (χ4n) is 14.8. The van der Waals surface area contributed by atoms with Crippen molar-refractivity contribution >= 4 is 17.8 Å². The van der Waals surface area contributed by atoms with Gasteiger partial charge in [0.25, 0.3) is 0 Å². The summed E-state index contributed by atoms with van der Waals surface area (Å²) in [6.45, 7) is 9.58. The third-order valence-electron chi connectivity index (χ3n) is 19.6. The molecule has 444 valence electrons. The highest BCUT2D eigenvalue weighted by Gasteiger charge is 2.81. The SMILES string of the molecule is CO[C@@H]1[C@@H](O)[C@H](O[C@@H]2[C@@H](C)O[C@@H](O[C@H]3[C@@H](OC)C[C@H](O[C@H]4CC[C@@]5(C)C(=CC[C@]6(O)[C@@H]5C[C@@H](OC(=O)C=Cc5ccccc5)[C@@]5(C)[C@]6(O)CC[C@@]5(O)C(C)=O)C4)O[C@@H]3C)C[C@H]2OC)O[C@H](C)[C@H]1O[C@@H]1O[C@H](CO)[C@@H](O)[C@H](O)[C@H]1O. The minimum atomic E-state index is -2.07. The first kappa shape index (κ1) is 60.7. The second-order valence-corrected chi connectivity index (χ2v) is 23.7. The van der Waals surface area contributed by atoms with E-state index in [1.54, 1.807) is 34.0 Å². The number of hydrogen-bond acceptors (Lipinski definition) is 22. The molecule has 9 rings (SSSR count). The molecule has 8 aliphatic rings. The number of ketones is 1. The Morgan fingerprint density at radius 1 is 0.696 bits per heavy atom. The predicted molar refractivity (Wildman–Crippen MR) is 275 cm³/mol. The van der Waals surface area contributed by atoms with Crippen molar-refractivity contribution in [3.63, 3.8) is 0 Å². The molecule has 0 amide bonds. The van der Waals surface area contributed by atoms with Crippen molar-refractivity contribution in [2.45, 2.75) is 239 Å². The molecular formula is C57H84O22. The summed E-state index contributed by atoms with van der Waals surface area (Å²) in [5, 5.41) is 90.5. The van der Waals surface area contributed by atoms with Crippen LogP contribution in [0.2, 0.25) is 0 Å². The Labute approximate surface area is 461 Å². The van der Waals surface area contributed by atoms with Gasteiger partial charge in [-0.3, -0.25) is 4.79 Å². The molecule has 4 heterocycles. The molecule has 3 saturated carbocycles. The van der Waals surface area contributed by atoms with Gasteiger partial charge >= 0.3 is 5.97 Å². The maximum Gasteiger partial charge on any atom is 0.331 e. The lowest BCUT2D eigenvalue weighted by Crippen LogP contribution is -2.78. The summed E-state index contributed by atoms with van der Waals surface area (Å²) >= 11 is 0. The van der Waals surface area contributed by atoms with Gasteiger partial charge in [-0.05, 0) is 96.6 Å². The zero-order chi connectivity index (χ0) is 57.1. The number of aliphatic hydroxyl groups excluding tert-OH is 5. The molecule has 8 N–H and O–H groups in total. The number of fused-ring (bicyclic) bond motifs is 5. The highest BCUT2D eigenvalue weighted by atomic mass is 16.8. The number of carbonyl (C=O) groups excluding carboxylic acids is 2. The topological polar surface area (TPSA) is 307 Å². The smallest absolute Gasteiger partial charge is 0.331 e. The maximum absolute atomic E-state index is 13.6. The Balaban J connectivity index is 0.816. The van der Waals surface area contributed by atoms with Crippen LogP contribution < -0.4 is 0 Å². The van der Waals surface area contributed by atoms with Crippen molar-refractivity contribution in [2.24, 2.45) is 16.7 Å².